The van der Waals surface area contributed by atoms with E-state index < -0.39 is 0 Å². The quantitative estimate of drug-likeness (QED) is 0.401. The molecule has 2 N–H and O–H groups in total. The van der Waals surface area contributed by atoms with Crippen LogP contribution in [0.25, 0.3) is 0 Å². The first-order chi connectivity index (χ1) is 11.3. The van der Waals surface area contributed by atoms with Crippen molar-refractivity contribution in [1.82, 2.24) is 20.4 Å². The van der Waals surface area contributed by atoms with Crippen LogP contribution in [0.1, 0.15) is 53.9 Å². The molecule has 140 valence electrons. The van der Waals surface area contributed by atoms with Gasteiger partial charge in [-0.25, -0.2) is 0 Å². The van der Waals surface area contributed by atoms with Crippen LogP contribution < -0.4 is 10.6 Å². The molecule has 1 aliphatic heterocycles. The Kier molecular flexibility index (Phi) is 9.11. The number of aliphatic imine (C=N–C) groups is 1. The minimum absolute atomic E-state index is 0.234. The molecule has 1 saturated heterocycles. The number of hydrogen-bond acceptors (Lipinski definition) is 3. The topological polar surface area (TPSA) is 60.0 Å². The molecule has 1 amide bonds. The molecule has 6 nitrogen and oxygen atoms in total. The molecule has 0 spiro atoms. The van der Waals surface area contributed by atoms with Crippen molar-refractivity contribution in [2.45, 2.75) is 72.0 Å². The Morgan fingerprint density at radius 1 is 1.33 bits per heavy atom. The Morgan fingerprint density at radius 3 is 2.54 bits per heavy atom. The third-order valence-electron chi connectivity index (χ3n) is 4.48. The summed E-state index contributed by atoms with van der Waals surface area (Å²) in [5.41, 5.74) is 0. The summed E-state index contributed by atoms with van der Waals surface area (Å²) >= 11 is 0. The molecule has 0 aromatic carbocycles. The maximum atomic E-state index is 11.6. The fraction of sp³-hybridized carbons (Fsp3) is 0.889. The second-order valence-corrected chi connectivity index (χ2v) is 7.19. The Hall–Kier alpha value is -1.30. The van der Waals surface area contributed by atoms with E-state index in [9.17, 15) is 4.79 Å². The first-order valence-electron chi connectivity index (χ1n) is 9.39. The number of carbonyl (C=O) groups is 1. The summed E-state index contributed by atoms with van der Waals surface area (Å²) in [6.45, 7) is 14.5. The molecule has 24 heavy (non-hydrogen) atoms. The normalized spacial score (nSPS) is 19.5. The number of guanidine groups is 1. The molecule has 0 aromatic heterocycles. The lowest BCUT2D eigenvalue weighted by Gasteiger charge is -2.31. The van der Waals surface area contributed by atoms with Crippen molar-refractivity contribution in [1.29, 1.82) is 0 Å². The number of likely N-dealkylation sites (tertiary alicyclic amines) is 1. The van der Waals surface area contributed by atoms with Crippen LogP contribution in [0.15, 0.2) is 4.99 Å². The second-order valence-electron chi connectivity index (χ2n) is 7.19. The maximum Gasteiger partial charge on any atom is 0.222 e. The highest BCUT2D eigenvalue weighted by Gasteiger charge is 2.23. The Bertz CT molecular complexity index is 400. The van der Waals surface area contributed by atoms with Crippen molar-refractivity contribution in [3.05, 3.63) is 0 Å². The van der Waals surface area contributed by atoms with Crippen LogP contribution in [-0.2, 0) is 4.79 Å². The fourth-order valence-electron chi connectivity index (χ4n) is 3.20. The molecule has 6 heteroatoms. The lowest BCUT2D eigenvalue weighted by molar-refractivity contribution is -0.132. The van der Waals surface area contributed by atoms with E-state index in [1.54, 1.807) is 4.90 Å². The van der Waals surface area contributed by atoms with Crippen LogP contribution >= 0.6 is 0 Å². The SMILES string of the molecule is CCNC(=NCCCN(C(C)C)C(C)C)NC1CCC(=O)N(C)C1. The lowest BCUT2D eigenvalue weighted by Crippen LogP contribution is -2.51. The Balaban J connectivity index is 2.46. The summed E-state index contributed by atoms with van der Waals surface area (Å²) in [6.07, 6.45) is 2.55. The van der Waals surface area contributed by atoms with Crippen molar-refractivity contribution in [2.24, 2.45) is 4.99 Å². The van der Waals surface area contributed by atoms with Crippen LogP contribution in [-0.4, -0.2) is 73.0 Å². The standard InChI is InChI=1S/C18H37N5O/c1-7-19-18(21-16-9-10-17(24)22(6)13-16)20-11-8-12-23(14(2)3)15(4)5/h14-16H,7-13H2,1-6H3,(H2,19,20,21). The number of carbonyl (C=O) groups excluding carboxylic acids is 1. The third-order valence-corrected chi connectivity index (χ3v) is 4.48. The first-order valence-corrected chi connectivity index (χ1v) is 9.39. The fourth-order valence-corrected chi connectivity index (χ4v) is 3.20. The van der Waals surface area contributed by atoms with E-state index in [0.717, 1.165) is 45.0 Å². The Labute approximate surface area is 148 Å². The molecule has 1 fully saturated rings. The van der Waals surface area contributed by atoms with Gasteiger partial charge in [0.15, 0.2) is 5.96 Å². The molecule has 1 unspecified atom stereocenters. The van der Waals surface area contributed by atoms with Crippen molar-refractivity contribution >= 4 is 11.9 Å². The van der Waals surface area contributed by atoms with Crippen molar-refractivity contribution in [3.8, 4) is 0 Å². The van der Waals surface area contributed by atoms with E-state index in [4.69, 9.17) is 4.99 Å². The van der Waals surface area contributed by atoms with Gasteiger partial charge in [-0.2, -0.15) is 0 Å². The zero-order chi connectivity index (χ0) is 18.1. The number of nitrogens with zero attached hydrogens (tertiary/aromatic N) is 3. The molecule has 0 aliphatic carbocycles. The lowest BCUT2D eigenvalue weighted by atomic mass is 10.1. The smallest absolute Gasteiger partial charge is 0.222 e. The van der Waals surface area contributed by atoms with Gasteiger partial charge < -0.3 is 15.5 Å². The van der Waals surface area contributed by atoms with Gasteiger partial charge in [0.25, 0.3) is 0 Å². The highest BCUT2D eigenvalue weighted by Crippen LogP contribution is 2.09. The maximum absolute atomic E-state index is 11.6. The summed E-state index contributed by atoms with van der Waals surface area (Å²) in [5.74, 6) is 1.10. The number of nitrogens with one attached hydrogen (secondary N) is 2. The van der Waals surface area contributed by atoms with E-state index in [-0.39, 0.29) is 11.9 Å². The van der Waals surface area contributed by atoms with Gasteiger partial charge in [0.1, 0.15) is 0 Å². The van der Waals surface area contributed by atoms with E-state index in [1.807, 2.05) is 7.05 Å². The third kappa shape index (κ3) is 7.07. The molecule has 1 atom stereocenters. The molecule has 0 bridgehead atoms. The average Bonchev–Trinajstić information content (AvgIpc) is 2.50. The summed E-state index contributed by atoms with van der Waals surface area (Å²) in [4.78, 5) is 20.6. The van der Waals surface area contributed by atoms with Crippen molar-refractivity contribution in [2.75, 3.05) is 33.2 Å². The van der Waals surface area contributed by atoms with Crippen LogP contribution in [0, 0.1) is 0 Å². The van der Waals surface area contributed by atoms with Crippen molar-refractivity contribution in [3.63, 3.8) is 0 Å². The molecular formula is C18H37N5O. The summed E-state index contributed by atoms with van der Waals surface area (Å²) in [7, 11) is 1.87. The van der Waals surface area contributed by atoms with Crippen LogP contribution in [0.4, 0.5) is 0 Å². The minimum Gasteiger partial charge on any atom is -0.357 e. The zero-order valence-electron chi connectivity index (χ0n) is 16.4. The largest absolute Gasteiger partial charge is 0.357 e. The summed E-state index contributed by atoms with van der Waals surface area (Å²) < 4.78 is 0. The van der Waals surface area contributed by atoms with Crippen molar-refractivity contribution < 1.29 is 4.79 Å². The van der Waals surface area contributed by atoms with Crippen LogP contribution in [0.3, 0.4) is 0 Å². The molecule has 1 aliphatic rings. The molecule has 1 heterocycles. The number of likely N-dealkylation sites (N-methyl/N-ethyl adjacent to an activating group) is 1. The highest BCUT2D eigenvalue weighted by atomic mass is 16.2. The first kappa shape index (κ1) is 20.7. The molecule has 0 aromatic rings. The van der Waals surface area contributed by atoms with Gasteiger partial charge in [-0.3, -0.25) is 14.7 Å². The minimum atomic E-state index is 0.234. The van der Waals surface area contributed by atoms with Gasteiger partial charge in [-0.05, 0) is 47.5 Å². The number of hydrogen-bond donors (Lipinski definition) is 2. The van der Waals surface area contributed by atoms with Gasteiger partial charge in [-0.1, -0.05) is 0 Å². The molecular weight excluding hydrogens is 302 g/mol. The van der Waals surface area contributed by atoms with Gasteiger partial charge in [0.2, 0.25) is 5.91 Å². The van der Waals surface area contributed by atoms with Gasteiger partial charge in [-0.15, -0.1) is 0 Å². The van der Waals surface area contributed by atoms with Gasteiger partial charge >= 0.3 is 0 Å². The van der Waals surface area contributed by atoms with Crippen LogP contribution in [0.2, 0.25) is 0 Å². The Morgan fingerprint density at radius 2 is 2.00 bits per heavy atom. The van der Waals surface area contributed by atoms with E-state index in [1.165, 1.54) is 0 Å². The monoisotopic (exact) mass is 339 g/mol. The second kappa shape index (κ2) is 10.5. The number of piperidine rings is 1. The average molecular weight is 340 g/mol. The zero-order valence-corrected chi connectivity index (χ0v) is 16.4. The molecule has 0 saturated carbocycles. The summed E-state index contributed by atoms with van der Waals surface area (Å²) in [5, 5.41) is 6.78. The predicted octanol–water partition coefficient (Wildman–Crippen LogP) is 1.67. The molecule has 1 rings (SSSR count). The van der Waals surface area contributed by atoms with Gasteiger partial charge in [0, 0.05) is 57.8 Å². The number of rotatable bonds is 8. The van der Waals surface area contributed by atoms with E-state index >= 15 is 0 Å². The molecule has 0 radical (unpaired) electrons. The highest BCUT2D eigenvalue weighted by molar-refractivity contribution is 5.81. The van der Waals surface area contributed by atoms with E-state index in [2.05, 4.69) is 50.2 Å². The van der Waals surface area contributed by atoms with Gasteiger partial charge in [0.05, 0.1) is 0 Å². The summed E-state index contributed by atoms with van der Waals surface area (Å²) in [6, 6.07) is 1.42. The van der Waals surface area contributed by atoms with Crippen LogP contribution in [0.5, 0.6) is 0 Å². The van der Waals surface area contributed by atoms with E-state index in [0.29, 0.717) is 18.5 Å². The predicted molar refractivity (Wildman–Crippen MR) is 101 cm³/mol. The number of amides is 1.